The van der Waals surface area contributed by atoms with Crippen molar-refractivity contribution in [2.24, 2.45) is 0 Å². The smallest absolute Gasteiger partial charge is 0.416 e. The predicted octanol–water partition coefficient (Wildman–Crippen LogP) is 6.02. The fraction of sp³-hybridized carbons (Fsp3) is 0.321. The highest BCUT2D eigenvalue weighted by molar-refractivity contribution is 7.91. The number of carbonyl (C=O) groups excluding carboxylic acids is 1. The van der Waals surface area contributed by atoms with Crippen LogP contribution in [-0.2, 0) is 28.6 Å². The van der Waals surface area contributed by atoms with Crippen molar-refractivity contribution >= 4 is 28.5 Å². The van der Waals surface area contributed by atoms with E-state index in [1.807, 2.05) is 31.2 Å². The Morgan fingerprint density at radius 1 is 1.11 bits per heavy atom. The van der Waals surface area contributed by atoms with Gasteiger partial charge in [0, 0.05) is 30.8 Å². The highest BCUT2D eigenvalue weighted by atomic mass is 32.2. The van der Waals surface area contributed by atoms with Gasteiger partial charge in [0.1, 0.15) is 11.5 Å². The van der Waals surface area contributed by atoms with E-state index >= 15 is 0 Å². The predicted molar refractivity (Wildman–Crippen MR) is 140 cm³/mol. The maximum atomic E-state index is 12.9. The lowest BCUT2D eigenvalue weighted by Crippen LogP contribution is -2.20. The van der Waals surface area contributed by atoms with Crippen LogP contribution in [0.4, 0.5) is 24.5 Å². The second-order valence-electron chi connectivity index (χ2n) is 8.94. The van der Waals surface area contributed by atoms with Gasteiger partial charge in [-0.2, -0.15) is 13.2 Å². The fourth-order valence-corrected chi connectivity index (χ4v) is 5.30. The van der Waals surface area contributed by atoms with Gasteiger partial charge in [0.15, 0.2) is 4.90 Å². The zero-order valence-electron chi connectivity index (χ0n) is 20.7. The van der Waals surface area contributed by atoms with Crippen molar-refractivity contribution < 1.29 is 27.3 Å². The standard InChI is InChI=1S/C28H29F3N2O3S/c1-3-37(35)24-11-4-19(5-12-24)16-27(34)32-23-10-13-25(26(17-23)36-2)33-15-14-21(18-33)20-6-8-22(9-7-20)28(29,30)31/h4-13,17,21H,3,14-16,18H2,1-2H3,(H,32,34). The molecule has 0 saturated carbocycles. The van der Waals surface area contributed by atoms with Gasteiger partial charge >= 0.3 is 6.18 Å². The van der Waals surface area contributed by atoms with E-state index in [0.29, 0.717) is 23.7 Å². The van der Waals surface area contributed by atoms with Crippen LogP contribution in [0, 0.1) is 0 Å². The van der Waals surface area contributed by atoms with E-state index in [0.717, 1.165) is 46.8 Å². The van der Waals surface area contributed by atoms with Gasteiger partial charge in [-0.05, 0) is 72.0 Å². The van der Waals surface area contributed by atoms with Gasteiger partial charge in [-0.25, -0.2) is 0 Å². The summed E-state index contributed by atoms with van der Waals surface area (Å²) >= 11 is -1.03. The first-order valence-corrected chi connectivity index (χ1v) is 13.4. The molecule has 3 aromatic carbocycles. The number of nitrogens with one attached hydrogen (secondary N) is 1. The van der Waals surface area contributed by atoms with Gasteiger partial charge in [-0.3, -0.25) is 4.79 Å². The Kier molecular flexibility index (Phi) is 8.34. The summed E-state index contributed by atoms with van der Waals surface area (Å²) in [5.41, 5.74) is 2.54. The number of anilines is 2. The largest absolute Gasteiger partial charge is 0.611 e. The number of ether oxygens (including phenoxy) is 1. The number of hydrogen-bond acceptors (Lipinski definition) is 4. The number of rotatable bonds is 8. The molecule has 1 aliphatic heterocycles. The molecule has 0 bridgehead atoms. The zero-order chi connectivity index (χ0) is 26.6. The van der Waals surface area contributed by atoms with E-state index in [-0.39, 0.29) is 18.2 Å². The third kappa shape index (κ3) is 6.59. The zero-order valence-corrected chi connectivity index (χ0v) is 21.5. The van der Waals surface area contributed by atoms with E-state index in [9.17, 15) is 22.5 Å². The Morgan fingerprint density at radius 3 is 2.43 bits per heavy atom. The highest BCUT2D eigenvalue weighted by Gasteiger charge is 2.31. The Hall–Kier alpha value is -3.17. The van der Waals surface area contributed by atoms with Crippen LogP contribution >= 0.6 is 0 Å². The summed E-state index contributed by atoms with van der Waals surface area (Å²) in [7, 11) is 1.57. The number of halogens is 3. The van der Waals surface area contributed by atoms with E-state index in [2.05, 4.69) is 10.2 Å². The van der Waals surface area contributed by atoms with Crippen LogP contribution in [-0.4, -0.2) is 36.4 Å². The molecular weight excluding hydrogens is 501 g/mol. The van der Waals surface area contributed by atoms with Crippen LogP contribution in [0.3, 0.4) is 0 Å². The van der Waals surface area contributed by atoms with E-state index in [1.54, 1.807) is 37.4 Å². The molecule has 0 radical (unpaired) electrons. The molecule has 37 heavy (non-hydrogen) atoms. The fourth-order valence-electron chi connectivity index (χ4n) is 4.53. The molecule has 196 valence electrons. The summed E-state index contributed by atoms with van der Waals surface area (Å²) in [5.74, 6) is 1.10. The van der Waals surface area contributed by atoms with Gasteiger partial charge in [-0.15, -0.1) is 0 Å². The number of hydrogen-bond donors (Lipinski definition) is 1. The average molecular weight is 531 g/mol. The van der Waals surface area contributed by atoms with Gasteiger partial charge in [0.05, 0.1) is 24.8 Å². The summed E-state index contributed by atoms with van der Waals surface area (Å²) in [6.45, 7) is 3.26. The second kappa shape index (κ2) is 11.5. The third-order valence-corrected chi connectivity index (χ3v) is 7.84. The maximum absolute atomic E-state index is 12.9. The average Bonchev–Trinajstić information content (AvgIpc) is 3.38. The first-order valence-electron chi connectivity index (χ1n) is 12.0. The molecule has 1 amide bonds. The van der Waals surface area contributed by atoms with Crippen molar-refractivity contribution in [2.75, 3.05) is 36.2 Å². The van der Waals surface area contributed by atoms with Crippen molar-refractivity contribution in [1.29, 1.82) is 0 Å². The molecule has 1 heterocycles. The molecule has 1 aliphatic rings. The molecule has 0 spiro atoms. The first-order chi connectivity index (χ1) is 17.7. The topological polar surface area (TPSA) is 64.6 Å². The molecule has 0 aliphatic carbocycles. The van der Waals surface area contributed by atoms with Gasteiger partial charge in [-0.1, -0.05) is 24.3 Å². The van der Waals surface area contributed by atoms with Crippen LogP contribution < -0.4 is 15.0 Å². The van der Waals surface area contributed by atoms with Crippen molar-refractivity contribution in [3.63, 3.8) is 0 Å². The summed E-state index contributed by atoms with van der Waals surface area (Å²) < 4.78 is 56.1. The highest BCUT2D eigenvalue weighted by Crippen LogP contribution is 2.38. The lowest BCUT2D eigenvalue weighted by atomic mass is 9.97. The van der Waals surface area contributed by atoms with Crippen LogP contribution in [0.2, 0.25) is 0 Å². The molecule has 9 heteroatoms. The number of amides is 1. The molecule has 1 saturated heterocycles. The first kappa shape index (κ1) is 26.9. The minimum Gasteiger partial charge on any atom is -0.611 e. The van der Waals surface area contributed by atoms with Gasteiger partial charge < -0.3 is 19.5 Å². The normalized spacial score (nSPS) is 16.5. The van der Waals surface area contributed by atoms with Crippen molar-refractivity contribution in [3.8, 4) is 5.75 Å². The molecule has 5 nitrogen and oxygen atoms in total. The lowest BCUT2D eigenvalue weighted by Gasteiger charge is -2.22. The Labute approximate surface area is 217 Å². The Balaban J connectivity index is 1.38. The molecule has 1 fully saturated rings. The number of methoxy groups -OCH3 is 1. The lowest BCUT2D eigenvalue weighted by molar-refractivity contribution is -0.137. The van der Waals surface area contributed by atoms with Crippen LogP contribution in [0.5, 0.6) is 5.75 Å². The molecule has 3 aromatic rings. The SMILES string of the molecule is CC[S+]([O-])c1ccc(CC(=O)Nc2ccc(N3CCC(c4ccc(C(F)(F)F)cc4)C3)c(OC)c2)cc1. The second-order valence-corrected chi connectivity index (χ2v) is 10.7. The minimum atomic E-state index is -4.34. The van der Waals surface area contributed by atoms with E-state index in [1.165, 1.54) is 0 Å². The molecule has 4 rings (SSSR count). The van der Waals surface area contributed by atoms with Crippen molar-refractivity contribution in [3.05, 3.63) is 83.4 Å². The maximum Gasteiger partial charge on any atom is 0.416 e. The van der Waals surface area contributed by atoms with Crippen molar-refractivity contribution in [1.82, 2.24) is 0 Å². The molecule has 2 atom stereocenters. The minimum absolute atomic E-state index is 0.118. The number of nitrogens with zero attached hydrogens (tertiary/aromatic N) is 1. The summed E-state index contributed by atoms with van der Waals surface area (Å²) in [6, 6.07) is 18.1. The number of carbonyl (C=O) groups is 1. The molecule has 1 N–H and O–H groups in total. The quantitative estimate of drug-likeness (QED) is 0.362. The molecular formula is C28H29F3N2O3S. The third-order valence-electron chi connectivity index (χ3n) is 6.51. The Morgan fingerprint density at radius 2 is 1.81 bits per heavy atom. The Bertz CT molecular complexity index is 1220. The van der Waals surface area contributed by atoms with E-state index in [4.69, 9.17) is 4.74 Å². The van der Waals surface area contributed by atoms with Gasteiger partial charge in [0.2, 0.25) is 5.91 Å². The van der Waals surface area contributed by atoms with Gasteiger partial charge in [0.25, 0.3) is 0 Å². The van der Waals surface area contributed by atoms with E-state index < -0.39 is 22.9 Å². The van der Waals surface area contributed by atoms with Crippen LogP contribution in [0.25, 0.3) is 0 Å². The van der Waals surface area contributed by atoms with Crippen LogP contribution in [0.15, 0.2) is 71.6 Å². The number of benzene rings is 3. The summed E-state index contributed by atoms with van der Waals surface area (Å²) in [4.78, 5) is 15.5. The monoisotopic (exact) mass is 530 g/mol. The van der Waals surface area contributed by atoms with Crippen molar-refractivity contribution in [2.45, 2.75) is 36.8 Å². The molecule has 0 aromatic heterocycles. The van der Waals surface area contributed by atoms with Crippen LogP contribution in [0.1, 0.15) is 36.0 Å². The number of alkyl halides is 3. The summed E-state index contributed by atoms with van der Waals surface area (Å²) in [6.07, 6.45) is -3.34. The molecule has 2 unspecified atom stereocenters. The summed E-state index contributed by atoms with van der Waals surface area (Å²) in [5, 5.41) is 2.89.